The molecule has 110 valence electrons. The fraction of sp³-hybridized carbons (Fsp3) is 0.857. The molecule has 1 amide bonds. The van der Waals surface area contributed by atoms with Crippen LogP contribution in [-0.4, -0.2) is 36.2 Å². The smallest absolute Gasteiger partial charge is 0.316 e. The van der Waals surface area contributed by atoms with Crippen LogP contribution in [0.4, 0.5) is 0 Å². The lowest BCUT2D eigenvalue weighted by Crippen LogP contribution is -2.43. The van der Waals surface area contributed by atoms with Gasteiger partial charge in [-0.2, -0.15) is 0 Å². The van der Waals surface area contributed by atoms with Crippen molar-refractivity contribution in [1.82, 2.24) is 5.32 Å². The molecule has 1 saturated carbocycles. The van der Waals surface area contributed by atoms with E-state index in [0.29, 0.717) is 19.3 Å². The number of hydrogen-bond acceptors (Lipinski definition) is 3. The predicted molar refractivity (Wildman–Crippen MR) is 71.8 cm³/mol. The zero-order valence-corrected chi connectivity index (χ0v) is 12.1. The van der Waals surface area contributed by atoms with Gasteiger partial charge in [-0.15, -0.1) is 0 Å². The lowest BCUT2D eigenvalue weighted by molar-refractivity contribution is -0.151. The zero-order chi connectivity index (χ0) is 14.5. The van der Waals surface area contributed by atoms with E-state index < -0.39 is 23.2 Å². The minimum absolute atomic E-state index is 0.315. The average molecular weight is 271 g/mol. The second kappa shape index (κ2) is 6.89. The van der Waals surface area contributed by atoms with E-state index in [1.807, 2.05) is 0 Å². The third-order valence-electron chi connectivity index (χ3n) is 3.43. The van der Waals surface area contributed by atoms with Gasteiger partial charge in [-0.1, -0.05) is 33.6 Å². The van der Waals surface area contributed by atoms with E-state index in [2.05, 4.69) is 5.32 Å². The number of carbonyl (C=O) groups is 2. The van der Waals surface area contributed by atoms with Crippen molar-refractivity contribution in [3.8, 4) is 0 Å². The molecule has 5 heteroatoms. The van der Waals surface area contributed by atoms with Gasteiger partial charge in [0.05, 0.1) is 12.7 Å². The van der Waals surface area contributed by atoms with Gasteiger partial charge in [0.25, 0.3) is 0 Å². The number of carbonyl (C=O) groups excluding carboxylic acids is 1. The molecule has 0 saturated heterocycles. The van der Waals surface area contributed by atoms with Crippen molar-refractivity contribution in [1.29, 1.82) is 0 Å². The van der Waals surface area contributed by atoms with Gasteiger partial charge in [-0.05, 0) is 18.3 Å². The first-order valence-corrected chi connectivity index (χ1v) is 6.94. The third-order valence-corrected chi connectivity index (χ3v) is 3.43. The van der Waals surface area contributed by atoms with E-state index in [9.17, 15) is 9.59 Å². The van der Waals surface area contributed by atoms with Crippen molar-refractivity contribution in [2.75, 3.05) is 13.2 Å². The fourth-order valence-corrected chi connectivity index (χ4v) is 2.43. The summed E-state index contributed by atoms with van der Waals surface area (Å²) >= 11 is 0. The number of hydrogen-bond donors (Lipinski definition) is 2. The molecule has 1 atom stereocenters. The summed E-state index contributed by atoms with van der Waals surface area (Å²) in [7, 11) is 0. The molecule has 2 N–H and O–H groups in total. The lowest BCUT2D eigenvalue weighted by atomic mass is 9.80. The first kappa shape index (κ1) is 16.0. The Labute approximate surface area is 114 Å². The van der Waals surface area contributed by atoms with Crippen LogP contribution in [0.15, 0.2) is 0 Å². The van der Waals surface area contributed by atoms with Gasteiger partial charge < -0.3 is 15.2 Å². The molecular formula is C14H25NO4. The summed E-state index contributed by atoms with van der Waals surface area (Å²) in [5.74, 6) is -2.55. The molecule has 19 heavy (non-hydrogen) atoms. The van der Waals surface area contributed by atoms with Gasteiger partial charge >= 0.3 is 5.97 Å². The molecule has 0 aromatic heterocycles. The molecule has 1 fully saturated rings. The van der Waals surface area contributed by atoms with Gasteiger partial charge in [-0.3, -0.25) is 9.59 Å². The first-order valence-electron chi connectivity index (χ1n) is 6.94. The van der Waals surface area contributed by atoms with Crippen LogP contribution in [0.1, 0.15) is 46.5 Å². The SMILES string of the molecule is CC(C)(C)C(C(=O)O)C(=O)NCCOC1CCCC1. The largest absolute Gasteiger partial charge is 0.481 e. The summed E-state index contributed by atoms with van der Waals surface area (Å²) < 4.78 is 5.62. The number of ether oxygens (including phenoxy) is 1. The molecule has 1 aliphatic rings. The Balaban J connectivity index is 2.30. The highest BCUT2D eigenvalue weighted by Gasteiger charge is 2.37. The van der Waals surface area contributed by atoms with E-state index in [4.69, 9.17) is 9.84 Å². The maximum Gasteiger partial charge on any atom is 0.316 e. The molecule has 0 radical (unpaired) electrons. The molecular weight excluding hydrogens is 246 g/mol. The molecule has 0 heterocycles. The van der Waals surface area contributed by atoms with Crippen molar-refractivity contribution in [2.24, 2.45) is 11.3 Å². The van der Waals surface area contributed by atoms with Gasteiger partial charge in [0.2, 0.25) is 5.91 Å². The van der Waals surface area contributed by atoms with Gasteiger partial charge in [0, 0.05) is 6.54 Å². The van der Waals surface area contributed by atoms with Crippen LogP contribution < -0.4 is 5.32 Å². The molecule has 1 aliphatic carbocycles. The molecule has 1 rings (SSSR count). The van der Waals surface area contributed by atoms with Crippen molar-refractivity contribution < 1.29 is 19.4 Å². The molecule has 5 nitrogen and oxygen atoms in total. The Kier molecular flexibility index (Phi) is 5.79. The normalized spacial score (nSPS) is 18.3. The monoisotopic (exact) mass is 271 g/mol. The van der Waals surface area contributed by atoms with Crippen LogP contribution in [0.2, 0.25) is 0 Å². The summed E-state index contributed by atoms with van der Waals surface area (Å²) in [5, 5.41) is 11.8. The van der Waals surface area contributed by atoms with Crippen LogP contribution in [0, 0.1) is 11.3 Å². The van der Waals surface area contributed by atoms with Crippen LogP contribution in [0.3, 0.4) is 0 Å². The number of amides is 1. The topological polar surface area (TPSA) is 75.6 Å². The number of rotatable bonds is 6. The number of aliphatic carboxylic acids is 1. The van der Waals surface area contributed by atoms with Gasteiger partial charge in [0.1, 0.15) is 5.92 Å². The average Bonchev–Trinajstić information content (AvgIpc) is 2.74. The summed E-state index contributed by atoms with van der Waals surface area (Å²) in [6.07, 6.45) is 4.92. The lowest BCUT2D eigenvalue weighted by Gasteiger charge is -2.26. The van der Waals surface area contributed by atoms with Crippen LogP contribution in [0.5, 0.6) is 0 Å². The molecule has 1 unspecified atom stereocenters. The van der Waals surface area contributed by atoms with E-state index in [1.165, 1.54) is 12.8 Å². The highest BCUT2D eigenvalue weighted by Crippen LogP contribution is 2.26. The molecule has 0 spiro atoms. The Morgan fingerprint density at radius 1 is 1.32 bits per heavy atom. The Morgan fingerprint density at radius 2 is 1.89 bits per heavy atom. The second-order valence-electron chi connectivity index (χ2n) is 6.21. The van der Waals surface area contributed by atoms with E-state index in [-0.39, 0.29) is 0 Å². The second-order valence-corrected chi connectivity index (χ2v) is 6.21. The van der Waals surface area contributed by atoms with Crippen LogP contribution in [0.25, 0.3) is 0 Å². The van der Waals surface area contributed by atoms with Gasteiger partial charge in [0.15, 0.2) is 0 Å². The fourth-order valence-electron chi connectivity index (χ4n) is 2.43. The highest BCUT2D eigenvalue weighted by molar-refractivity contribution is 5.97. The summed E-state index contributed by atoms with van der Waals surface area (Å²) in [6.45, 7) is 6.07. The maximum atomic E-state index is 11.9. The summed E-state index contributed by atoms with van der Waals surface area (Å²) in [5.41, 5.74) is -0.595. The predicted octanol–water partition coefficient (Wildman–Crippen LogP) is 1.81. The Bertz CT molecular complexity index is 316. The van der Waals surface area contributed by atoms with Crippen molar-refractivity contribution >= 4 is 11.9 Å². The standard InChI is InChI=1S/C14H25NO4/c1-14(2,3)11(13(17)18)12(16)15-8-9-19-10-6-4-5-7-10/h10-11H,4-9H2,1-3H3,(H,15,16)(H,17,18). The molecule has 0 aromatic rings. The van der Waals surface area contributed by atoms with E-state index >= 15 is 0 Å². The number of carboxylic acids is 1. The number of carboxylic acid groups (broad SMARTS) is 1. The number of nitrogens with one attached hydrogen (secondary N) is 1. The Morgan fingerprint density at radius 3 is 2.37 bits per heavy atom. The minimum atomic E-state index is -1.08. The van der Waals surface area contributed by atoms with Gasteiger partial charge in [-0.25, -0.2) is 0 Å². The molecule has 0 aliphatic heterocycles. The maximum absolute atomic E-state index is 11.9. The van der Waals surface area contributed by atoms with Crippen molar-refractivity contribution in [3.63, 3.8) is 0 Å². The minimum Gasteiger partial charge on any atom is -0.481 e. The third kappa shape index (κ3) is 5.19. The van der Waals surface area contributed by atoms with E-state index in [0.717, 1.165) is 12.8 Å². The van der Waals surface area contributed by atoms with Crippen LogP contribution in [-0.2, 0) is 14.3 Å². The summed E-state index contributed by atoms with van der Waals surface area (Å²) in [6, 6.07) is 0. The Hall–Kier alpha value is -1.10. The quantitative estimate of drug-likeness (QED) is 0.570. The molecule has 0 bridgehead atoms. The van der Waals surface area contributed by atoms with Crippen molar-refractivity contribution in [3.05, 3.63) is 0 Å². The zero-order valence-electron chi connectivity index (χ0n) is 12.1. The molecule has 0 aromatic carbocycles. The summed E-state index contributed by atoms with van der Waals surface area (Å²) in [4.78, 5) is 23.0. The van der Waals surface area contributed by atoms with E-state index in [1.54, 1.807) is 20.8 Å². The first-order chi connectivity index (χ1) is 8.82. The van der Waals surface area contributed by atoms with Crippen LogP contribution >= 0.6 is 0 Å². The van der Waals surface area contributed by atoms with Crippen molar-refractivity contribution in [2.45, 2.75) is 52.6 Å². The highest BCUT2D eigenvalue weighted by atomic mass is 16.5.